The van der Waals surface area contributed by atoms with Crippen molar-refractivity contribution in [3.05, 3.63) is 48.5 Å². The molecule has 0 bridgehead atoms. The molecule has 0 aromatic carbocycles. The van der Waals surface area contributed by atoms with E-state index < -0.39 is 0 Å². The average Bonchev–Trinajstić information content (AvgIpc) is 2.30. The molecule has 0 saturated heterocycles. The Morgan fingerprint density at radius 1 is 1.20 bits per heavy atom. The number of hydrogen-bond donors (Lipinski definition) is 2. The molecule has 0 saturated carbocycles. The monoisotopic (exact) mass is 201 g/mol. The minimum atomic E-state index is 0.181. The van der Waals surface area contributed by atoms with Crippen molar-refractivity contribution in [3.63, 3.8) is 0 Å². The van der Waals surface area contributed by atoms with E-state index in [0.29, 0.717) is 6.54 Å². The Balaban J connectivity index is 1.96. The molecule has 2 aromatic heterocycles. The topological polar surface area (TPSA) is 58.0 Å². The lowest BCUT2D eigenvalue weighted by molar-refractivity contribution is 0.472. The zero-order valence-electron chi connectivity index (χ0n) is 8.09. The SMILES string of the molecule is Oc1ccc(CNc2cccnc2)nc1. The molecule has 0 amide bonds. The van der Waals surface area contributed by atoms with Gasteiger partial charge < -0.3 is 10.4 Å². The van der Waals surface area contributed by atoms with E-state index >= 15 is 0 Å². The van der Waals surface area contributed by atoms with Gasteiger partial charge in [-0.1, -0.05) is 0 Å². The summed E-state index contributed by atoms with van der Waals surface area (Å²) in [4.78, 5) is 8.05. The van der Waals surface area contributed by atoms with Crippen LogP contribution in [-0.2, 0) is 6.54 Å². The average molecular weight is 201 g/mol. The molecule has 2 heterocycles. The normalized spacial score (nSPS) is 9.87. The van der Waals surface area contributed by atoms with E-state index in [9.17, 15) is 0 Å². The lowest BCUT2D eigenvalue weighted by Crippen LogP contribution is -2.01. The summed E-state index contributed by atoms with van der Waals surface area (Å²) < 4.78 is 0. The highest BCUT2D eigenvalue weighted by Gasteiger charge is 1.95. The van der Waals surface area contributed by atoms with Gasteiger partial charge in [0, 0.05) is 12.4 Å². The van der Waals surface area contributed by atoms with E-state index in [-0.39, 0.29) is 5.75 Å². The van der Waals surface area contributed by atoms with Gasteiger partial charge in [-0.3, -0.25) is 9.97 Å². The highest BCUT2D eigenvalue weighted by molar-refractivity contribution is 5.40. The third-order valence-electron chi connectivity index (χ3n) is 1.94. The molecule has 0 unspecified atom stereocenters. The first-order valence-electron chi connectivity index (χ1n) is 4.62. The van der Waals surface area contributed by atoms with Crippen LogP contribution in [0.1, 0.15) is 5.69 Å². The Morgan fingerprint density at radius 3 is 2.80 bits per heavy atom. The van der Waals surface area contributed by atoms with Gasteiger partial charge in [0.15, 0.2) is 0 Å². The van der Waals surface area contributed by atoms with Crippen molar-refractivity contribution in [1.82, 2.24) is 9.97 Å². The maximum atomic E-state index is 9.05. The lowest BCUT2D eigenvalue weighted by atomic mass is 10.3. The maximum absolute atomic E-state index is 9.05. The third-order valence-corrected chi connectivity index (χ3v) is 1.94. The number of rotatable bonds is 3. The number of aromatic nitrogens is 2. The van der Waals surface area contributed by atoms with Crippen molar-refractivity contribution < 1.29 is 5.11 Å². The molecule has 0 aliphatic carbocycles. The van der Waals surface area contributed by atoms with Gasteiger partial charge in [-0.05, 0) is 24.3 Å². The van der Waals surface area contributed by atoms with Gasteiger partial charge in [0.25, 0.3) is 0 Å². The van der Waals surface area contributed by atoms with Crippen molar-refractivity contribution >= 4 is 5.69 Å². The van der Waals surface area contributed by atoms with Crippen LogP contribution < -0.4 is 5.32 Å². The first kappa shape index (κ1) is 9.45. The summed E-state index contributed by atoms with van der Waals surface area (Å²) in [5.41, 5.74) is 1.82. The highest BCUT2D eigenvalue weighted by atomic mass is 16.3. The number of aromatic hydroxyl groups is 1. The van der Waals surface area contributed by atoms with Gasteiger partial charge in [-0.2, -0.15) is 0 Å². The molecule has 15 heavy (non-hydrogen) atoms. The predicted octanol–water partition coefficient (Wildman–Crippen LogP) is 1.79. The van der Waals surface area contributed by atoms with Crippen LogP contribution in [0, 0.1) is 0 Å². The Morgan fingerprint density at radius 2 is 2.13 bits per heavy atom. The summed E-state index contributed by atoms with van der Waals surface area (Å²) in [5, 5.41) is 12.2. The fourth-order valence-corrected chi connectivity index (χ4v) is 1.18. The van der Waals surface area contributed by atoms with Crippen LogP contribution in [0.2, 0.25) is 0 Å². The molecular weight excluding hydrogens is 190 g/mol. The van der Waals surface area contributed by atoms with Crippen LogP contribution in [0.3, 0.4) is 0 Å². The lowest BCUT2D eigenvalue weighted by Gasteiger charge is -2.04. The second-order valence-electron chi connectivity index (χ2n) is 3.10. The van der Waals surface area contributed by atoms with Crippen molar-refractivity contribution in [2.24, 2.45) is 0 Å². The van der Waals surface area contributed by atoms with Crippen LogP contribution in [0.15, 0.2) is 42.9 Å². The molecule has 2 aromatic rings. The van der Waals surface area contributed by atoms with E-state index in [1.165, 1.54) is 6.20 Å². The first-order valence-corrected chi connectivity index (χ1v) is 4.62. The highest BCUT2D eigenvalue weighted by Crippen LogP contribution is 2.08. The summed E-state index contributed by atoms with van der Waals surface area (Å²) in [6.45, 7) is 0.617. The molecule has 0 radical (unpaired) electrons. The molecular formula is C11H11N3O. The van der Waals surface area contributed by atoms with Gasteiger partial charge in [-0.25, -0.2) is 0 Å². The fourth-order valence-electron chi connectivity index (χ4n) is 1.18. The van der Waals surface area contributed by atoms with Crippen LogP contribution in [0.4, 0.5) is 5.69 Å². The fraction of sp³-hybridized carbons (Fsp3) is 0.0909. The number of pyridine rings is 2. The minimum absolute atomic E-state index is 0.181. The smallest absolute Gasteiger partial charge is 0.133 e. The van der Waals surface area contributed by atoms with Crippen LogP contribution in [0.25, 0.3) is 0 Å². The van der Waals surface area contributed by atoms with Gasteiger partial charge in [0.1, 0.15) is 5.75 Å². The van der Waals surface area contributed by atoms with E-state index in [2.05, 4.69) is 15.3 Å². The van der Waals surface area contributed by atoms with E-state index in [1.807, 2.05) is 12.1 Å². The quantitative estimate of drug-likeness (QED) is 0.794. The van der Waals surface area contributed by atoms with Gasteiger partial charge in [-0.15, -0.1) is 0 Å². The summed E-state index contributed by atoms with van der Waals surface area (Å²) in [6, 6.07) is 7.20. The molecule has 0 aliphatic rings. The summed E-state index contributed by atoms with van der Waals surface area (Å²) in [6.07, 6.45) is 4.91. The first-order chi connectivity index (χ1) is 7.34. The summed E-state index contributed by atoms with van der Waals surface area (Å²) >= 11 is 0. The molecule has 0 atom stereocenters. The standard InChI is InChI=1S/C11H11N3O/c15-11-4-3-10(14-8-11)7-13-9-2-1-5-12-6-9/h1-6,8,13,15H,7H2. The van der Waals surface area contributed by atoms with Gasteiger partial charge in [0.05, 0.1) is 24.1 Å². The zero-order chi connectivity index (χ0) is 10.5. The minimum Gasteiger partial charge on any atom is -0.506 e. The number of nitrogens with one attached hydrogen (secondary N) is 1. The van der Waals surface area contributed by atoms with Crippen molar-refractivity contribution in [2.45, 2.75) is 6.54 Å². The van der Waals surface area contributed by atoms with Gasteiger partial charge in [0.2, 0.25) is 0 Å². The molecule has 4 nitrogen and oxygen atoms in total. The Kier molecular flexibility index (Phi) is 2.78. The van der Waals surface area contributed by atoms with Crippen LogP contribution >= 0.6 is 0 Å². The predicted molar refractivity (Wildman–Crippen MR) is 57.5 cm³/mol. The maximum Gasteiger partial charge on any atom is 0.133 e. The summed E-state index contributed by atoms with van der Waals surface area (Å²) in [7, 11) is 0. The molecule has 0 fully saturated rings. The molecule has 0 aliphatic heterocycles. The van der Waals surface area contributed by atoms with Crippen molar-refractivity contribution in [2.75, 3.05) is 5.32 Å². The van der Waals surface area contributed by atoms with Crippen LogP contribution in [-0.4, -0.2) is 15.1 Å². The Hall–Kier alpha value is -2.10. The number of hydrogen-bond acceptors (Lipinski definition) is 4. The Labute approximate surface area is 87.6 Å². The second-order valence-corrected chi connectivity index (χ2v) is 3.10. The van der Waals surface area contributed by atoms with Crippen molar-refractivity contribution in [3.8, 4) is 5.75 Å². The molecule has 2 N–H and O–H groups in total. The molecule has 2 rings (SSSR count). The van der Waals surface area contributed by atoms with Gasteiger partial charge >= 0.3 is 0 Å². The van der Waals surface area contributed by atoms with E-state index in [0.717, 1.165) is 11.4 Å². The largest absolute Gasteiger partial charge is 0.506 e. The zero-order valence-corrected chi connectivity index (χ0v) is 8.09. The number of anilines is 1. The van der Waals surface area contributed by atoms with Crippen molar-refractivity contribution in [1.29, 1.82) is 0 Å². The summed E-state index contributed by atoms with van der Waals surface area (Å²) in [5.74, 6) is 0.181. The Bertz CT molecular complexity index is 414. The van der Waals surface area contributed by atoms with Crippen LogP contribution in [0.5, 0.6) is 5.75 Å². The van der Waals surface area contributed by atoms with E-state index in [4.69, 9.17) is 5.11 Å². The second kappa shape index (κ2) is 4.41. The molecule has 4 heteroatoms. The molecule has 0 spiro atoms. The third kappa shape index (κ3) is 2.67. The molecule has 76 valence electrons. The van der Waals surface area contributed by atoms with E-state index in [1.54, 1.807) is 24.5 Å². The number of nitrogens with zero attached hydrogens (tertiary/aromatic N) is 2.